The van der Waals surface area contributed by atoms with Crippen molar-refractivity contribution < 1.29 is 13.2 Å². The van der Waals surface area contributed by atoms with Gasteiger partial charge in [-0.05, 0) is 30.7 Å². The van der Waals surface area contributed by atoms with E-state index < -0.39 is 16.1 Å². The highest BCUT2D eigenvalue weighted by molar-refractivity contribution is 7.90. The number of aryl methyl sites for hydroxylation is 1. The Kier molecular flexibility index (Phi) is 6.63. The van der Waals surface area contributed by atoms with Gasteiger partial charge in [-0.3, -0.25) is 0 Å². The van der Waals surface area contributed by atoms with Crippen LogP contribution in [0, 0.1) is 6.92 Å². The lowest BCUT2D eigenvalue weighted by Gasteiger charge is -2.25. The summed E-state index contributed by atoms with van der Waals surface area (Å²) in [7, 11) is -3.80. The fraction of sp³-hybridized carbons (Fsp3) is 0.143. The van der Waals surface area contributed by atoms with Gasteiger partial charge in [0.2, 0.25) is 0 Å². The Bertz CT molecular complexity index is 1370. The Labute approximate surface area is 195 Å². The lowest BCUT2D eigenvalue weighted by molar-refractivity contribution is 0.0644. The van der Waals surface area contributed by atoms with Gasteiger partial charge >= 0.3 is 0 Å². The molecule has 0 aliphatic heterocycles. The first kappa shape index (κ1) is 22.8. The molecule has 2 atom stereocenters. The van der Waals surface area contributed by atoms with Crippen LogP contribution in [0.2, 0.25) is 0 Å². The van der Waals surface area contributed by atoms with Crippen molar-refractivity contribution in [3.63, 3.8) is 0 Å². The summed E-state index contributed by atoms with van der Waals surface area (Å²) in [5.74, 6) is -0.174. The Morgan fingerprint density at radius 3 is 2.27 bits per heavy atom. The average molecular weight is 458 g/mol. The van der Waals surface area contributed by atoms with E-state index in [4.69, 9.17) is 4.74 Å². The fourth-order valence-electron chi connectivity index (χ4n) is 4.09. The van der Waals surface area contributed by atoms with Crippen molar-refractivity contribution >= 4 is 20.9 Å². The van der Waals surface area contributed by atoms with Gasteiger partial charge < -0.3 is 4.74 Å². The predicted molar refractivity (Wildman–Crippen MR) is 134 cm³/mol. The van der Waals surface area contributed by atoms with Crippen molar-refractivity contribution in [2.45, 2.75) is 23.8 Å². The average Bonchev–Trinajstić information content (AvgIpc) is 3.23. The molecule has 0 aliphatic rings. The molecule has 0 aliphatic carbocycles. The molecule has 1 aromatic heterocycles. The molecule has 1 heterocycles. The molecule has 4 aromatic rings. The maximum atomic E-state index is 13.6. The minimum Gasteiger partial charge on any atom is -0.368 e. The first-order valence-electron chi connectivity index (χ1n) is 10.8. The molecule has 0 unspecified atom stereocenters. The summed E-state index contributed by atoms with van der Waals surface area (Å²) >= 11 is 0. The quantitative estimate of drug-likeness (QED) is 0.273. The van der Waals surface area contributed by atoms with Gasteiger partial charge in [0.1, 0.15) is 0 Å². The van der Waals surface area contributed by atoms with Gasteiger partial charge in [-0.1, -0.05) is 78.4 Å². The second kappa shape index (κ2) is 9.61. The standard InChI is InChI=1S/C28H27NO3S/c1-4-19-32-28(24(5-2)22-11-7-6-8-12-22)26-20-29(27-14-10-9-13-25(26)27)33(30,31)23-17-15-21(3)16-18-23/h4-18,20,24,28H,1-2,19H2,3H3/t24-,28+/m0/s1. The van der Waals surface area contributed by atoms with Gasteiger partial charge in [-0.25, -0.2) is 12.4 Å². The third-order valence-corrected chi connectivity index (χ3v) is 7.44. The van der Waals surface area contributed by atoms with Crippen LogP contribution < -0.4 is 0 Å². The maximum Gasteiger partial charge on any atom is 0.268 e. The number of para-hydroxylation sites is 1. The van der Waals surface area contributed by atoms with E-state index in [1.165, 1.54) is 3.97 Å². The van der Waals surface area contributed by atoms with E-state index in [1.807, 2.05) is 67.6 Å². The summed E-state index contributed by atoms with van der Waals surface area (Å²) in [4.78, 5) is 0.243. The first-order valence-corrected chi connectivity index (χ1v) is 12.2. The molecule has 0 spiro atoms. The van der Waals surface area contributed by atoms with E-state index in [2.05, 4.69) is 13.2 Å². The molecule has 33 heavy (non-hydrogen) atoms. The highest BCUT2D eigenvalue weighted by Gasteiger charge is 2.29. The van der Waals surface area contributed by atoms with Crippen molar-refractivity contribution in [1.82, 2.24) is 3.97 Å². The topological polar surface area (TPSA) is 48.3 Å². The first-order chi connectivity index (χ1) is 16.0. The molecule has 0 N–H and O–H groups in total. The normalized spacial score (nSPS) is 13.5. The van der Waals surface area contributed by atoms with Crippen LogP contribution in [0.15, 0.2) is 115 Å². The van der Waals surface area contributed by atoms with Gasteiger partial charge in [0.05, 0.1) is 23.1 Å². The molecule has 4 nitrogen and oxygen atoms in total. The SMILES string of the molecule is C=CCO[C@@H](c1cn(S(=O)(=O)c2ccc(C)cc2)c2ccccc12)[C@@H](C=C)c1ccccc1. The third-order valence-electron chi connectivity index (χ3n) is 5.75. The number of hydrogen-bond donors (Lipinski definition) is 0. The van der Waals surface area contributed by atoms with E-state index in [1.54, 1.807) is 36.5 Å². The number of benzene rings is 3. The predicted octanol–water partition coefficient (Wildman–Crippen LogP) is 6.40. The second-order valence-corrected chi connectivity index (χ2v) is 9.75. The van der Waals surface area contributed by atoms with Crippen LogP contribution in [0.3, 0.4) is 0 Å². The van der Waals surface area contributed by atoms with Crippen LogP contribution in [0.4, 0.5) is 0 Å². The monoisotopic (exact) mass is 457 g/mol. The van der Waals surface area contributed by atoms with E-state index in [-0.39, 0.29) is 10.8 Å². The highest BCUT2D eigenvalue weighted by atomic mass is 32.2. The largest absolute Gasteiger partial charge is 0.368 e. The lowest BCUT2D eigenvalue weighted by Crippen LogP contribution is -2.14. The summed E-state index contributed by atoms with van der Waals surface area (Å²) in [5, 5.41) is 0.824. The molecule has 0 radical (unpaired) electrons. The molecular formula is C28H27NO3S. The van der Waals surface area contributed by atoms with E-state index >= 15 is 0 Å². The van der Waals surface area contributed by atoms with Crippen molar-refractivity contribution in [2.24, 2.45) is 0 Å². The van der Waals surface area contributed by atoms with Crippen molar-refractivity contribution in [1.29, 1.82) is 0 Å². The smallest absolute Gasteiger partial charge is 0.268 e. The molecule has 0 bridgehead atoms. The second-order valence-electron chi connectivity index (χ2n) is 7.93. The summed E-state index contributed by atoms with van der Waals surface area (Å²) in [6, 6.07) is 24.4. The minimum absolute atomic E-state index is 0.174. The van der Waals surface area contributed by atoms with E-state index in [0.717, 1.165) is 22.1 Å². The number of fused-ring (bicyclic) bond motifs is 1. The Morgan fingerprint density at radius 1 is 0.939 bits per heavy atom. The Balaban J connectivity index is 1.91. The lowest BCUT2D eigenvalue weighted by atomic mass is 9.89. The fourth-order valence-corrected chi connectivity index (χ4v) is 5.47. The molecule has 0 fully saturated rings. The molecule has 0 amide bonds. The Hall–Kier alpha value is -3.41. The van der Waals surface area contributed by atoms with Gasteiger partial charge in [0.25, 0.3) is 10.0 Å². The van der Waals surface area contributed by atoms with Crippen LogP contribution >= 0.6 is 0 Å². The molecular weight excluding hydrogens is 430 g/mol. The third kappa shape index (κ3) is 4.42. The van der Waals surface area contributed by atoms with Gasteiger partial charge in [-0.2, -0.15) is 0 Å². The number of ether oxygens (including phenoxy) is 1. The van der Waals surface area contributed by atoms with E-state index in [0.29, 0.717) is 12.1 Å². The summed E-state index contributed by atoms with van der Waals surface area (Å²) in [6.07, 6.45) is 4.79. The molecule has 5 heteroatoms. The van der Waals surface area contributed by atoms with Gasteiger partial charge in [-0.15, -0.1) is 13.2 Å². The van der Waals surface area contributed by atoms with E-state index in [9.17, 15) is 8.42 Å². The molecule has 168 valence electrons. The van der Waals surface area contributed by atoms with Crippen LogP contribution in [0.1, 0.15) is 28.7 Å². The number of hydrogen-bond acceptors (Lipinski definition) is 3. The zero-order chi connectivity index (χ0) is 23.4. The minimum atomic E-state index is -3.80. The summed E-state index contributed by atoms with van der Waals surface area (Å²) in [6.45, 7) is 10.1. The van der Waals surface area contributed by atoms with Crippen LogP contribution in [0.25, 0.3) is 10.9 Å². The van der Waals surface area contributed by atoms with Crippen LogP contribution in [0.5, 0.6) is 0 Å². The maximum absolute atomic E-state index is 13.6. The Morgan fingerprint density at radius 2 is 1.61 bits per heavy atom. The summed E-state index contributed by atoms with van der Waals surface area (Å²) in [5.41, 5.74) is 3.44. The van der Waals surface area contributed by atoms with Crippen molar-refractivity contribution in [3.05, 3.63) is 127 Å². The van der Waals surface area contributed by atoms with Crippen molar-refractivity contribution in [3.8, 4) is 0 Å². The molecule has 0 saturated carbocycles. The molecule has 4 rings (SSSR count). The molecule has 3 aromatic carbocycles. The zero-order valence-corrected chi connectivity index (χ0v) is 19.4. The number of aromatic nitrogens is 1. The zero-order valence-electron chi connectivity index (χ0n) is 18.6. The number of nitrogens with zero attached hydrogens (tertiary/aromatic N) is 1. The summed E-state index contributed by atoms with van der Waals surface area (Å²) < 4.78 is 34.8. The van der Waals surface area contributed by atoms with Crippen LogP contribution in [-0.4, -0.2) is 19.0 Å². The van der Waals surface area contributed by atoms with Crippen LogP contribution in [-0.2, 0) is 14.8 Å². The molecule has 0 saturated heterocycles. The van der Waals surface area contributed by atoms with Crippen molar-refractivity contribution in [2.75, 3.05) is 6.61 Å². The van der Waals surface area contributed by atoms with Gasteiger partial charge in [0.15, 0.2) is 0 Å². The highest BCUT2D eigenvalue weighted by Crippen LogP contribution is 2.40. The van der Waals surface area contributed by atoms with Gasteiger partial charge in [0, 0.05) is 23.1 Å². The number of rotatable bonds is 9.